The first kappa shape index (κ1) is 12.9. The topological polar surface area (TPSA) is 43.7 Å². The van der Waals surface area contributed by atoms with Crippen molar-refractivity contribution in [2.24, 2.45) is 5.92 Å². The van der Waals surface area contributed by atoms with E-state index in [1.54, 1.807) is 0 Å². The molecule has 0 heterocycles. The third-order valence-electron chi connectivity index (χ3n) is 2.09. The largest absolute Gasteiger partial charge is 0.395 e. The second-order valence-corrected chi connectivity index (χ2v) is 3.82. The Kier molecular flexibility index (Phi) is 8.40. The van der Waals surface area contributed by atoms with Gasteiger partial charge in [-0.1, -0.05) is 13.8 Å². The van der Waals surface area contributed by atoms with Crippen molar-refractivity contribution in [3.8, 4) is 0 Å². The number of hydrogen-bond donors (Lipinski definition) is 2. The van der Waals surface area contributed by atoms with E-state index in [9.17, 15) is 0 Å². The Morgan fingerprint density at radius 1 is 1.00 bits per heavy atom. The lowest BCUT2D eigenvalue weighted by molar-refractivity contribution is 0.158. The molecule has 0 radical (unpaired) electrons. The fourth-order valence-electron chi connectivity index (χ4n) is 1.34. The van der Waals surface area contributed by atoms with Gasteiger partial charge in [-0.25, -0.2) is 0 Å². The zero-order valence-electron chi connectivity index (χ0n) is 8.87. The molecule has 80 valence electrons. The predicted molar refractivity (Wildman–Crippen MR) is 54.7 cm³/mol. The number of nitrogens with zero attached hydrogens (tertiary/aromatic N) is 1. The maximum Gasteiger partial charge on any atom is 0.0558 e. The van der Waals surface area contributed by atoms with Crippen molar-refractivity contribution in [3.05, 3.63) is 0 Å². The Hall–Kier alpha value is -0.120. The van der Waals surface area contributed by atoms with Crippen LogP contribution in [0.25, 0.3) is 0 Å². The monoisotopic (exact) mass is 189 g/mol. The maximum atomic E-state index is 8.75. The van der Waals surface area contributed by atoms with Crippen molar-refractivity contribution in [1.29, 1.82) is 0 Å². The van der Waals surface area contributed by atoms with Gasteiger partial charge >= 0.3 is 0 Å². The summed E-state index contributed by atoms with van der Waals surface area (Å²) in [4.78, 5) is 2.10. The van der Waals surface area contributed by atoms with Crippen LogP contribution in [0.1, 0.15) is 26.7 Å². The van der Waals surface area contributed by atoms with Gasteiger partial charge in [-0.15, -0.1) is 0 Å². The van der Waals surface area contributed by atoms with Gasteiger partial charge in [0.2, 0.25) is 0 Å². The summed E-state index contributed by atoms with van der Waals surface area (Å²) in [6, 6.07) is 0. The van der Waals surface area contributed by atoms with E-state index in [-0.39, 0.29) is 13.2 Å². The summed E-state index contributed by atoms with van der Waals surface area (Å²) in [5.41, 5.74) is 0. The first-order valence-corrected chi connectivity index (χ1v) is 5.14. The standard InChI is InChI=1S/C10H23NO2/c1-10(2)4-3-5-11(6-8-12)7-9-13/h10,12-13H,3-9H2,1-2H3. The van der Waals surface area contributed by atoms with Crippen LogP contribution in [0.4, 0.5) is 0 Å². The minimum absolute atomic E-state index is 0.182. The van der Waals surface area contributed by atoms with Crippen LogP contribution in [0.2, 0.25) is 0 Å². The van der Waals surface area contributed by atoms with E-state index in [2.05, 4.69) is 18.7 Å². The third kappa shape index (κ3) is 8.22. The van der Waals surface area contributed by atoms with Crippen LogP contribution in [0.3, 0.4) is 0 Å². The second-order valence-electron chi connectivity index (χ2n) is 3.82. The van der Waals surface area contributed by atoms with Crippen LogP contribution in [0.15, 0.2) is 0 Å². The lowest BCUT2D eigenvalue weighted by Gasteiger charge is -2.20. The van der Waals surface area contributed by atoms with E-state index in [1.165, 1.54) is 6.42 Å². The van der Waals surface area contributed by atoms with Crippen LogP contribution < -0.4 is 0 Å². The van der Waals surface area contributed by atoms with Gasteiger partial charge in [0.05, 0.1) is 13.2 Å². The van der Waals surface area contributed by atoms with Gasteiger partial charge < -0.3 is 10.2 Å². The van der Waals surface area contributed by atoms with Crippen molar-refractivity contribution in [2.75, 3.05) is 32.8 Å². The highest BCUT2D eigenvalue weighted by molar-refractivity contribution is 4.57. The van der Waals surface area contributed by atoms with Crippen LogP contribution in [-0.4, -0.2) is 48.0 Å². The Bertz CT molecular complexity index is 101. The van der Waals surface area contributed by atoms with Gasteiger partial charge in [-0.05, 0) is 25.3 Å². The van der Waals surface area contributed by atoms with Gasteiger partial charge in [0.25, 0.3) is 0 Å². The molecule has 0 aromatic carbocycles. The van der Waals surface area contributed by atoms with Crippen LogP contribution in [-0.2, 0) is 0 Å². The summed E-state index contributed by atoms with van der Waals surface area (Å²) in [6.07, 6.45) is 2.37. The SMILES string of the molecule is CC(C)CCCN(CCO)CCO. The summed E-state index contributed by atoms with van der Waals surface area (Å²) in [5.74, 6) is 0.741. The highest BCUT2D eigenvalue weighted by Gasteiger charge is 2.03. The van der Waals surface area contributed by atoms with Crippen LogP contribution in [0.5, 0.6) is 0 Å². The average Bonchev–Trinajstić information content (AvgIpc) is 2.04. The molecule has 0 aromatic rings. The van der Waals surface area contributed by atoms with Crippen molar-refractivity contribution in [2.45, 2.75) is 26.7 Å². The molecule has 0 rings (SSSR count). The van der Waals surface area contributed by atoms with Gasteiger partial charge in [-0.2, -0.15) is 0 Å². The minimum Gasteiger partial charge on any atom is -0.395 e. The molecule has 0 bridgehead atoms. The van der Waals surface area contributed by atoms with E-state index in [1.807, 2.05) is 0 Å². The minimum atomic E-state index is 0.182. The maximum absolute atomic E-state index is 8.75. The summed E-state index contributed by atoms with van der Waals surface area (Å²) in [6.45, 7) is 7.13. The summed E-state index contributed by atoms with van der Waals surface area (Å²) in [7, 11) is 0. The van der Waals surface area contributed by atoms with Crippen LogP contribution in [0, 0.1) is 5.92 Å². The average molecular weight is 189 g/mol. The smallest absolute Gasteiger partial charge is 0.0558 e. The molecule has 0 aliphatic heterocycles. The van der Waals surface area contributed by atoms with Gasteiger partial charge in [0.15, 0.2) is 0 Å². The van der Waals surface area contributed by atoms with E-state index in [0.717, 1.165) is 18.9 Å². The molecule has 0 aromatic heterocycles. The molecule has 2 N–H and O–H groups in total. The quantitative estimate of drug-likeness (QED) is 0.591. The summed E-state index contributed by atoms with van der Waals surface area (Å²) >= 11 is 0. The molecule has 3 nitrogen and oxygen atoms in total. The molecule has 0 fully saturated rings. The number of rotatable bonds is 8. The number of aliphatic hydroxyl groups is 2. The zero-order chi connectivity index (χ0) is 10.1. The third-order valence-corrected chi connectivity index (χ3v) is 2.09. The first-order chi connectivity index (χ1) is 6.20. The van der Waals surface area contributed by atoms with Crippen LogP contribution >= 0.6 is 0 Å². The molecule has 0 spiro atoms. The molecule has 0 aliphatic carbocycles. The Morgan fingerprint density at radius 3 is 1.92 bits per heavy atom. The van der Waals surface area contributed by atoms with Crippen molar-refractivity contribution in [1.82, 2.24) is 4.90 Å². The molecule has 13 heavy (non-hydrogen) atoms. The molecule has 0 atom stereocenters. The highest BCUT2D eigenvalue weighted by atomic mass is 16.3. The first-order valence-electron chi connectivity index (χ1n) is 5.14. The molecular formula is C10H23NO2. The van der Waals surface area contributed by atoms with E-state index >= 15 is 0 Å². The highest BCUT2D eigenvalue weighted by Crippen LogP contribution is 2.04. The molecule has 0 aliphatic rings. The number of aliphatic hydroxyl groups excluding tert-OH is 2. The molecule has 0 amide bonds. The summed E-state index contributed by atoms with van der Waals surface area (Å²) in [5, 5.41) is 17.5. The lowest BCUT2D eigenvalue weighted by atomic mass is 10.1. The van der Waals surface area contributed by atoms with Crippen molar-refractivity contribution in [3.63, 3.8) is 0 Å². The Morgan fingerprint density at radius 2 is 1.54 bits per heavy atom. The fourth-order valence-corrected chi connectivity index (χ4v) is 1.34. The number of hydrogen-bond acceptors (Lipinski definition) is 3. The fraction of sp³-hybridized carbons (Fsp3) is 1.00. The zero-order valence-corrected chi connectivity index (χ0v) is 8.87. The van der Waals surface area contributed by atoms with E-state index in [4.69, 9.17) is 10.2 Å². The van der Waals surface area contributed by atoms with E-state index < -0.39 is 0 Å². The molecular weight excluding hydrogens is 166 g/mol. The van der Waals surface area contributed by atoms with Gasteiger partial charge in [0, 0.05) is 13.1 Å². The predicted octanol–water partition coefficient (Wildman–Crippen LogP) is 0.709. The molecule has 0 unspecified atom stereocenters. The van der Waals surface area contributed by atoms with Gasteiger partial charge in [0.1, 0.15) is 0 Å². The van der Waals surface area contributed by atoms with Crippen molar-refractivity contribution >= 4 is 0 Å². The molecule has 3 heteroatoms. The Labute approximate surface area is 81.4 Å². The molecule has 0 saturated heterocycles. The lowest BCUT2D eigenvalue weighted by Crippen LogP contribution is -2.30. The second kappa shape index (κ2) is 8.48. The van der Waals surface area contributed by atoms with Gasteiger partial charge in [-0.3, -0.25) is 4.90 Å². The summed E-state index contributed by atoms with van der Waals surface area (Å²) < 4.78 is 0. The van der Waals surface area contributed by atoms with Crippen molar-refractivity contribution < 1.29 is 10.2 Å². The van der Waals surface area contributed by atoms with E-state index in [0.29, 0.717) is 13.1 Å². The Balaban J connectivity index is 3.44. The normalized spacial score (nSPS) is 11.5. The molecule has 0 saturated carbocycles.